The molecule has 1 atom stereocenters. The van der Waals surface area contributed by atoms with Gasteiger partial charge in [0.2, 0.25) is 21.8 Å². The molecule has 186 valence electrons. The zero-order chi connectivity index (χ0) is 25.5. The van der Waals surface area contributed by atoms with Gasteiger partial charge in [-0.15, -0.1) is 0 Å². The topological polar surface area (TPSA) is 86.8 Å². The molecule has 0 aliphatic carbocycles. The van der Waals surface area contributed by atoms with Crippen LogP contribution in [0.1, 0.15) is 37.8 Å². The van der Waals surface area contributed by atoms with Crippen LogP contribution >= 0.6 is 23.2 Å². The highest BCUT2D eigenvalue weighted by Gasteiger charge is 2.30. The van der Waals surface area contributed by atoms with Crippen LogP contribution in [0.2, 0.25) is 10.0 Å². The lowest BCUT2D eigenvalue weighted by Gasteiger charge is -2.31. The molecule has 0 bridgehead atoms. The first-order valence-corrected chi connectivity index (χ1v) is 13.6. The van der Waals surface area contributed by atoms with Gasteiger partial charge in [0.15, 0.2) is 0 Å². The average molecular weight is 529 g/mol. The molecule has 2 aromatic rings. The van der Waals surface area contributed by atoms with Crippen molar-refractivity contribution in [1.29, 1.82) is 0 Å². The second-order valence-electron chi connectivity index (χ2n) is 8.17. The third kappa shape index (κ3) is 7.89. The molecular weight excluding hydrogens is 497 g/mol. The first-order valence-electron chi connectivity index (χ1n) is 11.0. The van der Waals surface area contributed by atoms with Gasteiger partial charge in [-0.25, -0.2) is 8.42 Å². The molecule has 0 saturated heterocycles. The summed E-state index contributed by atoms with van der Waals surface area (Å²) in [6, 6.07) is 10.9. The number of carbonyl (C=O) groups is 2. The summed E-state index contributed by atoms with van der Waals surface area (Å²) in [6.45, 7) is 5.59. The number of hydrogen-bond acceptors (Lipinski definition) is 4. The number of nitrogens with zero attached hydrogens (tertiary/aromatic N) is 2. The van der Waals surface area contributed by atoms with E-state index in [0.29, 0.717) is 16.6 Å². The van der Waals surface area contributed by atoms with Crippen molar-refractivity contribution in [3.63, 3.8) is 0 Å². The number of aryl methyl sites for hydroxylation is 1. The quantitative estimate of drug-likeness (QED) is 0.438. The van der Waals surface area contributed by atoms with Gasteiger partial charge in [-0.2, -0.15) is 0 Å². The molecule has 10 heteroatoms. The lowest BCUT2D eigenvalue weighted by atomic mass is 10.1. The van der Waals surface area contributed by atoms with E-state index >= 15 is 0 Å². The van der Waals surface area contributed by atoms with Crippen LogP contribution in [0.15, 0.2) is 42.5 Å². The third-order valence-electron chi connectivity index (χ3n) is 5.39. The van der Waals surface area contributed by atoms with Gasteiger partial charge in [0, 0.05) is 23.1 Å². The molecule has 7 nitrogen and oxygen atoms in total. The molecule has 0 heterocycles. The molecule has 2 amide bonds. The molecule has 2 rings (SSSR count). The summed E-state index contributed by atoms with van der Waals surface area (Å²) in [5.74, 6) is -0.824. The fraction of sp³-hybridized carbons (Fsp3) is 0.417. The lowest BCUT2D eigenvalue weighted by Crippen LogP contribution is -2.51. The summed E-state index contributed by atoms with van der Waals surface area (Å²) in [5, 5.41) is 3.78. The van der Waals surface area contributed by atoms with Crippen LogP contribution in [0.5, 0.6) is 0 Å². The van der Waals surface area contributed by atoms with Gasteiger partial charge >= 0.3 is 0 Å². The van der Waals surface area contributed by atoms with Crippen molar-refractivity contribution in [2.75, 3.05) is 23.7 Å². The molecule has 1 N–H and O–H groups in total. The number of unbranched alkanes of at least 4 members (excludes halogenated alkanes) is 1. The maximum absolute atomic E-state index is 13.5. The Kier molecular flexibility index (Phi) is 10.2. The molecular formula is C24H31Cl2N3O4S. The molecule has 0 fully saturated rings. The van der Waals surface area contributed by atoms with Crippen LogP contribution in [-0.4, -0.2) is 50.5 Å². The number of halogens is 2. The van der Waals surface area contributed by atoms with Crippen LogP contribution in [0.3, 0.4) is 0 Å². The van der Waals surface area contributed by atoms with Crippen LogP contribution in [0.25, 0.3) is 0 Å². The van der Waals surface area contributed by atoms with E-state index in [-0.39, 0.29) is 18.1 Å². The molecule has 1 unspecified atom stereocenters. The van der Waals surface area contributed by atoms with E-state index in [1.807, 2.05) is 6.92 Å². The minimum absolute atomic E-state index is 0.116. The fourth-order valence-electron chi connectivity index (χ4n) is 3.26. The molecule has 0 radical (unpaired) electrons. The molecule has 0 aliphatic rings. The molecule has 0 saturated carbocycles. The first-order chi connectivity index (χ1) is 15.9. The van der Waals surface area contributed by atoms with E-state index in [9.17, 15) is 18.0 Å². The van der Waals surface area contributed by atoms with Gasteiger partial charge in [-0.05, 0) is 55.7 Å². The molecule has 2 aromatic carbocycles. The summed E-state index contributed by atoms with van der Waals surface area (Å²) in [6.07, 6.45) is 2.77. The van der Waals surface area contributed by atoms with Gasteiger partial charge in [0.05, 0.1) is 11.9 Å². The molecule has 0 aliphatic heterocycles. The Morgan fingerprint density at radius 2 is 1.74 bits per heavy atom. The predicted molar refractivity (Wildman–Crippen MR) is 138 cm³/mol. The van der Waals surface area contributed by atoms with Crippen molar-refractivity contribution in [3.8, 4) is 0 Å². The van der Waals surface area contributed by atoms with Crippen LogP contribution < -0.4 is 9.62 Å². The van der Waals surface area contributed by atoms with Gasteiger partial charge in [0.25, 0.3) is 0 Å². The highest BCUT2D eigenvalue weighted by atomic mass is 35.5. The van der Waals surface area contributed by atoms with Crippen LogP contribution in [0.4, 0.5) is 5.69 Å². The van der Waals surface area contributed by atoms with Crippen molar-refractivity contribution in [2.24, 2.45) is 0 Å². The number of nitrogens with one attached hydrogen (secondary N) is 1. The number of benzene rings is 2. The Bertz CT molecular complexity index is 1110. The van der Waals surface area contributed by atoms with E-state index in [1.54, 1.807) is 50.2 Å². The number of hydrogen-bond donors (Lipinski definition) is 1. The van der Waals surface area contributed by atoms with Crippen molar-refractivity contribution in [1.82, 2.24) is 10.2 Å². The van der Waals surface area contributed by atoms with E-state index in [0.717, 1.165) is 34.5 Å². The maximum atomic E-state index is 13.5. The Morgan fingerprint density at radius 3 is 2.29 bits per heavy atom. The average Bonchev–Trinajstić information content (AvgIpc) is 2.77. The largest absolute Gasteiger partial charge is 0.354 e. The van der Waals surface area contributed by atoms with Crippen molar-refractivity contribution < 1.29 is 18.0 Å². The molecule has 34 heavy (non-hydrogen) atoms. The summed E-state index contributed by atoms with van der Waals surface area (Å²) in [5.41, 5.74) is 1.82. The smallest absolute Gasteiger partial charge is 0.244 e. The zero-order valence-electron chi connectivity index (χ0n) is 19.8. The predicted octanol–water partition coefficient (Wildman–Crippen LogP) is 4.40. The minimum atomic E-state index is -3.81. The van der Waals surface area contributed by atoms with Crippen LogP contribution in [0, 0.1) is 6.92 Å². The van der Waals surface area contributed by atoms with Gasteiger partial charge < -0.3 is 10.2 Å². The highest BCUT2D eigenvalue weighted by Crippen LogP contribution is 2.25. The Morgan fingerprint density at radius 1 is 1.09 bits per heavy atom. The van der Waals surface area contributed by atoms with E-state index < -0.39 is 28.5 Å². The third-order valence-corrected chi connectivity index (χ3v) is 7.19. The van der Waals surface area contributed by atoms with Crippen molar-refractivity contribution in [2.45, 2.75) is 46.2 Å². The molecule has 0 aromatic heterocycles. The second-order valence-corrected chi connectivity index (χ2v) is 10.9. The number of amides is 2. The van der Waals surface area contributed by atoms with Gasteiger partial charge in [-0.3, -0.25) is 13.9 Å². The van der Waals surface area contributed by atoms with E-state index in [4.69, 9.17) is 23.2 Å². The molecule has 0 spiro atoms. The lowest BCUT2D eigenvalue weighted by molar-refractivity contribution is -0.139. The Balaban J connectivity index is 2.35. The van der Waals surface area contributed by atoms with Gasteiger partial charge in [0.1, 0.15) is 12.6 Å². The fourth-order valence-corrected chi connectivity index (χ4v) is 4.40. The van der Waals surface area contributed by atoms with Gasteiger partial charge in [-0.1, -0.05) is 54.7 Å². The highest BCUT2D eigenvalue weighted by molar-refractivity contribution is 7.92. The number of carbonyl (C=O) groups excluding carboxylic acids is 2. The summed E-state index contributed by atoms with van der Waals surface area (Å²) < 4.78 is 26.2. The summed E-state index contributed by atoms with van der Waals surface area (Å²) in [7, 11) is -3.81. The Hall–Kier alpha value is -2.29. The normalized spacial score (nSPS) is 12.2. The minimum Gasteiger partial charge on any atom is -0.354 e. The monoisotopic (exact) mass is 527 g/mol. The summed E-state index contributed by atoms with van der Waals surface area (Å²) >= 11 is 12.2. The van der Waals surface area contributed by atoms with E-state index in [1.165, 1.54) is 11.0 Å². The van der Waals surface area contributed by atoms with Crippen LogP contribution in [-0.2, 0) is 26.2 Å². The van der Waals surface area contributed by atoms with Crippen molar-refractivity contribution >= 4 is 50.7 Å². The van der Waals surface area contributed by atoms with Crippen molar-refractivity contribution in [3.05, 3.63) is 63.6 Å². The standard InChI is InChI=1S/C24H31Cl2N3O4S/c1-5-6-13-27-24(31)18(3)28(15-19-8-10-20(25)11-9-19)23(30)16-29(34(4,32)33)21-12-7-17(2)22(26)14-21/h7-12,14,18H,5-6,13,15-16H2,1-4H3,(H,27,31). The number of anilines is 1. The number of rotatable bonds is 11. The second kappa shape index (κ2) is 12.4. The van der Waals surface area contributed by atoms with E-state index in [2.05, 4.69) is 5.32 Å². The summed E-state index contributed by atoms with van der Waals surface area (Å²) in [4.78, 5) is 27.6. The Labute approximate surface area is 212 Å². The first kappa shape index (κ1) is 28.0. The SMILES string of the molecule is CCCCNC(=O)C(C)N(Cc1ccc(Cl)cc1)C(=O)CN(c1ccc(C)c(Cl)c1)S(C)(=O)=O. The number of sulfonamides is 1. The maximum Gasteiger partial charge on any atom is 0.244 e. The zero-order valence-corrected chi connectivity index (χ0v) is 22.2.